The number of halogens is 4. The van der Waals surface area contributed by atoms with E-state index in [0.29, 0.717) is 27.6 Å². The minimum Gasteiger partial charge on any atom is -0.497 e. The van der Waals surface area contributed by atoms with Crippen LogP contribution in [0.1, 0.15) is 0 Å². The molecule has 0 unspecified atom stereocenters. The van der Waals surface area contributed by atoms with E-state index >= 15 is 8.78 Å². The molecule has 5 aromatic carbocycles. The molecule has 5 aromatic rings. The molecule has 0 aliphatic heterocycles. The first-order valence-electron chi connectivity index (χ1n) is 9.92. The lowest BCUT2D eigenvalue weighted by Crippen LogP contribution is -1.97. The van der Waals surface area contributed by atoms with E-state index in [2.05, 4.69) is 0 Å². The zero-order valence-corrected chi connectivity index (χ0v) is 16.9. The monoisotopic (exact) mass is 432 g/mol. The summed E-state index contributed by atoms with van der Waals surface area (Å²) >= 11 is 0. The number of hydrogen-bond acceptors (Lipinski definition) is 1. The molecule has 0 aliphatic carbocycles. The zero-order valence-electron chi connectivity index (χ0n) is 16.9. The highest BCUT2D eigenvalue weighted by Crippen LogP contribution is 2.46. The zero-order chi connectivity index (χ0) is 22.4. The first-order chi connectivity index (χ1) is 15.5. The van der Waals surface area contributed by atoms with Crippen LogP contribution in [0.2, 0.25) is 0 Å². The highest BCUT2D eigenvalue weighted by molar-refractivity contribution is 6.21. The average Bonchev–Trinajstić information content (AvgIpc) is 2.80. The van der Waals surface area contributed by atoms with Crippen molar-refractivity contribution in [3.05, 3.63) is 102 Å². The molecule has 0 N–H and O–H groups in total. The predicted octanol–water partition coefficient (Wildman–Crippen LogP) is 7.89. The van der Waals surface area contributed by atoms with Crippen LogP contribution >= 0.6 is 0 Å². The van der Waals surface area contributed by atoms with Crippen molar-refractivity contribution in [3.63, 3.8) is 0 Å². The van der Waals surface area contributed by atoms with Crippen molar-refractivity contribution in [1.82, 2.24) is 0 Å². The molecule has 0 radical (unpaired) electrons. The SMILES string of the molecule is COc1ccc(-c2c3ccccc3c(-c3ccc(F)cc3F)c3c(F)ccc(F)c23)cc1. The molecule has 0 amide bonds. The van der Waals surface area contributed by atoms with Gasteiger partial charge in [-0.25, -0.2) is 17.6 Å². The van der Waals surface area contributed by atoms with Crippen LogP contribution in [0.3, 0.4) is 0 Å². The summed E-state index contributed by atoms with van der Waals surface area (Å²) in [6.07, 6.45) is 0. The Kier molecular flexibility index (Phi) is 4.82. The molecule has 0 aromatic heterocycles. The third kappa shape index (κ3) is 3.09. The van der Waals surface area contributed by atoms with E-state index in [9.17, 15) is 8.78 Å². The van der Waals surface area contributed by atoms with Gasteiger partial charge >= 0.3 is 0 Å². The Bertz CT molecular complexity index is 1490. The van der Waals surface area contributed by atoms with E-state index in [1.54, 1.807) is 55.6 Å². The van der Waals surface area contributed by atoms with Crippen molar-refractivity contribution < 1.29 is 22.3 Å². The topological polar surface area (TPSA) is 9.23 Å². The molecule has 0 saturated carbocycles. The van der Waals surface area contributed by atoms with E-state index in [4.69, 9.17) is 4.74 Å². The molecule has 0 heterocycles. The maximum atomic E-state index is 15.3. The van der Waals surface area contributed by atoms with Gasteiger partial charge in [0.05, 0.1) is 7.11 Å². The highest BCUT2D eigenvalue weighted by Gasteiger charge is 2.23. The minimum atomic E-state index is -0.850. The number of ether oxygens (including phenoxy) is 1. The Morgan fingerprint density at radius 1 is 0.594 bits per heavy atom. The van der Waals surface area contributed by atoms with Gasteiger partial charge in [-0.2, -0.15) is 0 Å². The fraction of sp³-hybridized carbons (Fsp3) is 0.0370. The van der Waals surface area contributed by atoms with Crippen LogP contribution in [0, 0.1) is 23.3 Å². The van der Waals surface area contributed by atoms with Gasteiger partial charge in [-0.1, -0.05) is 36.4 Å². The first-order valence-corrected chi connectivity index (χ1v) is 9.92. The molecule has 32 heavy (non-hydrogen) atoms. The van der Waals surface area contributed by atoms with Crippen LogP contribution in [0.4, 0.5) is 17.6 Å². The highest BCUT2D eigenvalue weighted by atomic mass is 19.1. The van der Waals surface area contributed by atoms with Crippen LogP contribution in [0.5, 0.6) is 5.75 Å². The smallest absolute Gasteiger partial charge is 0.133 e. The third-order valence-electron chi connectivity index (χ3n) is 5.65. The molecule has 158 valence electrons. The average molecular weight is 432 g/mol. The summed E-state index contributed by atoms with van der Waals surface area (Å²) in [6, 6.07) is 19.2. The van der Waals surface area contributed by atoms with Crippen molar-refractivity contribution >= 4 is 21.5 Å². The fourth-order valence-electron chi connectivity index (χ4n) is 4.26. The maximum absolute atomic E-state index is 15.3. The summed E-state index contributed by atoms with van der Waals surface area (Å²) in [4.78, 5) is 0. The Hall–Kier alpha value is -3.86. The lowest BCUT2D eigenvalue weighted by molar-refractivity contribution is 0.415. The Morgan fingerprint density at radius 3 is 1.78 bits per heavy atom. The number of hydrogen-bond donors (Lipinski definition) is 0. The molecular weight excluding hydrogens is 416 g/mol. The fourth-order valence-corrected chi connectivity index (χ4v) is 4.26. The lowest BCUT2D eigenvalue weighted by atomic mass is 9.85. The predicted molar refractivity (Wildman–Crippen MR) is 119 cm³/mol. The Balaban J connectivity index is 2.02. The molecule has 0 fully saturated rings. The van der Waals surface area contributed by atoms with Gasteiger partial charge in [-0.05, 0) is 52.7 Å². The third-order valence-corrected chi connectivity index (χ3v) is 5.65. The molecule has 0 atom stereocenters. The van der Waals surface area contributed by atoms with E-state index in [0.717, 1.165) is 24.3 Å². The molecule has 1 nitrogen and oxygen atoms in total. The van der Waals surface area contributed by atoms with Crippen LogP contribution < -0.4 is 4.74 Å². The lowest BCUT2D eigenvalue weighted by Gasteiger charge is -2.19. The summed E-state index contributed by atoms with van der Waals surface area (Å²) in [5, 5.41) is 1.13. The second-order valence-corrected chi connectivity index (χ2v) is 7.43. The normalized spacial score (nSPS) is 11.3. The number of benzene rings is 5. The van der Waals surface area contributed by atoms with Crippen molar-refractivity contribution in [1.29, 1.82) is 0 Å². The largest absolute Gasteiger partial charge is 0.497 e. The first kappa shape index (κ1) is 20.1. The quantitative estimate of drug-likeness (QED) is 0.208. The Morgan fingerprint density at radius 2 is 1.19 bits per heavy atom. The van der Waals surface area contributed by atoms with E-state index < -0.39 is 23.3 Å². The van der Waals surface area contributed by atoms with Gasteiger partial charge in [0.1, 0.15) is 29.0 Å². The van der Waals surface area contributed by atoms with Gasteiger partial charge in [0, 0.05) is 33.5 Å². The van der Waals surface area contributed by atoms with Crippen LogP contribution in [-0.2, 0) is 0 Å². The van der Waals surface area contributed by atoms with Gasteiger partial charge < -0.3 is 4.74 Å². The van der Waals surface area contributed by atoms with Gasteiger partial charge in [-0.3, -0.25) is 0 Å². The number of fused-ring (bicyclic) bond motifs is 2. The number of methoxy groups -OCH3 is 1. The summed E-state index contributed by atoms with van der Waals surface area (Å²) < 4.78 is 64.3. The maximum Gasteiger partial charge on any atom is 0.133 e. The van der Waals surface area contributed by atoms with E-state index in [1.807, 2.05) is 0 Å². The summed E-state index contributed by atoms with van der Waals surface area (Å²) in [6.45, 7) is 0. The molecule has 0 spiro atoms. The molecule has 0 aliphatic rings. The van der Waals surface area contributed by atoms with Crippen molar-refractivity contribution in [2.45, 2.75) is 0 Å². The molecular formula is C27H16F4O. The van der Waals surface area contributed by atoms with Crippen LogP contribution in [0.15, 0.2) is 78.9 Å². The van der Waals surface area contributed by atoms with Crippen molar-refractivity contribution in [2.24, 2.45) is 0 Å². The van der Waals surface area contributed by atoms with Gasteiger partial charge in [0.15, 0.2) is 0 Å². The summed E-state index contributed by atoms with van der Waals surface area (Å²) in [5.74, 6) is -2.31. The molecule has 0 bridgehead atoms. The summed E-state index contributed by atoms with van der Waals surface area (Å²) in [7, 11) is 1.54. The summed E-state index contributed by atoms with van der Waals surface area (Å²) in [5.41, 5.74) is 1.32. The second kappa shape index (κ2) is 7.68. The van der Waals surface area contributed by atoms with E-state index in [-0.39, 0.29) is 21.9 Å². The standard InChI is InChI=1S/C27H16F4O/c1-32-17-9-6-15(7-10-17)24-18-4-2-3-5-19(18)25(20-11-8-16(28)14-23(20)31)27-22(30)13-12-21(29)26(24)27/h2-14H,1H3. The molecule has 0 saturated heterocycles. The van der Waals surface area contributed by atoms with Crippen molar-refractivity contribution in [2.75, 3.05) is 7.11 Å². The van der Waals surface area contributed by atoms with E-state index in [1.165, 1.54) is 6.07 Å². The number of rotatable bonds is 3. The van der Waals surface area contributed by atoms with Crippen molar-refractivity contribution in [3.8, 4) is 28.0 Å². The Labute approximate surface area is 181 Å². The second-order valence-electron chi connectivity index (χ2n) is 7.43. The van der Waals surface area contributed by atoms with Gasteiger partial charge in [0.2, 0.25) is 0 Å². The minimum absolute atomic E-state index is 0.00150. The van der Waals surface area contributed by atoms with Crippen LogP contribution in [-0.4, -0.2) is 7.11 Å². The molecule has 5 rings (SSSR count). The van der Waals surface area contributed by atoms with Gasteiger partial charge in [0.25, 0.3) is 0 Å². The van der Waals surface area contributed by atoms with Gasteiger partial charge in [-0.15, -0.1) is 0 Å². The molecule has 5 heteroatoms. The van der Waals surface area contributed by atoms with Crippen LogP contribution in [0.25, 0.3) is 43.8 Å².